The third-order valence-corrected chi connectivity index (χ3v) is 23.0. The van der Waals surface area contributed by atoms with Crippen molar-refractivity contribution < 1.29 is 0 Å². The van der Waals surface area contributed by atoms with E-state index in [0.29, 0.717) is 64.3 Å². The molecule has 15 heteroatoms. The molecule has 0 spiro atoms. The van der Waals surface area contributed by atoms with E-state index in [1.807, 2.05) is 202 Å². The molecule has 0 amide bonds. The first-order chi connectivity index (χ1) is 62.5. The minimum Gasteiger partial charge on any atom is -0.251 e. The van der Waals surface area contributed by atoms with Crippen LogP contribution in [0.3, 0.4) is 0 Å². The highest BCUT2D eigenvalue weighted by Gasteiger charge is 2.23. The second kappa shape index (κ2) is 35.8. The lowest BCUT2D eigenvalue weighted by atomic mass is 9.95. The van der Waals surface area contributed by atoms with Crippen LogP contribution in [0.2, 0.25) is 0 Å². The van der Waals surface area contributed by atoms with Crippen molar-refractivity contribution in [2.45, 2.75) is 92.9 Å². The van der Waals surface area contributed by atoms with Gasteiger partial charge in [0.15, 0.2) is 52.4 Å². The van der Waals surface area contributed by atoms with Gasteiger partial charge in [0, 0.05) is 117 Å². The van der Waals surface area contributed by atoms with Gasteiger partial charge in [0.1, 0.15) is 0 Å². The van der Waals surface area contributed by atoms with Crippen molar-refractivity contribution in [2.24, 2.45) is 0 Å². The van der Waals surface area contributed by atoms with Gasteiger partial charge in [0.25, 0.3) is 0 Å². The van der Waals surface area contributed by atoms with Crippen LogP contribution in [0.1, 0.15) is 113 Å². The molecule has 0 aliphatic carbocycles. The predicted octanol–water partition coefficient (Wildman–Crippen LogP) is 28.0. The number of nitrogens with zero attached hydrogens (tertiary/aromatic N) is 15. The van der Waals surface area contributed by atoms with Crippen LogP contribution in [0.25, 0.3) is 201 Å². The van der Waals surface area contributed by atoms with Crippen molar-refractivity contribution in [3.8, 4) is 136 Å². The average Bonchev–Trinajstić information content (AvgIpc) is 0.759. The summed E-state index contributed by atoms with van der Waals surface area (Å²) < 4.78 is 0. The van der Waals surface area contributed by atoms with Gasteiger partial charge < -0.3 is 0 Å². The van der Waals surface area contributed by atoms with Gasteiger partial charge in [0.2, 0.25) is 0 Å². The van der Waals surface area contributed by atoms with Crippen molar-refractivity contribution in [3.63, 3.8) is 0 Å². The van der Waals surface area contributed by atoms with Crippen LogP contribution in [0.4, 0.5) is 0 Å². The first-order valence-corrected chi connectivity index (χ1v) is 43.6. The van der Waals surface area contributed by atoms with Crippen molar-refractivity contribution in [1.82, 2.24) is 74.8 Å². The van der Waals surface area contributed by atoms with Crippen LogP contribution >= 0.6 is 0 Å². The first kappa shape index (κ1) is 81.8. The molecule has 15 nitrogen and oxygen atoms in total. The van der Waals surface area contributed by atoms with Gasteiger partial charge in [-0.15, -0.1) is 0 Å². The van der Waals surface area contributed by atoms with E-state index < -0.39 is 0 Å². The lowest BCUT2D eigenvalue weighted by Gasteiger charge is -2.15. The number of aryl methyl sites for hydroxylation is 2. The van der Waals surface area contributed by atoms with Crippen LogP contribution in [0.15, 0.2) is 346 Å². The van der Waals surface area contributed by atoms with Crippen LogP contribution in [-0.4, -0.2) is 74.8 Å². The summed E-state index contributed by atoms with van der Waals surface area (Å²) in [5, 5.41) is 6.52. The molecule has 9 heterocycles. The summed E-state index contributed by atoms with van der Waals surface area (Å²) in [5.74, 6) is 6.99. The molecule has 21 rings (SSSR count). The zero-order valence-corrected chi connectivity index (χ0v) is 72.9. The minimum absolute atomic E-state index is 0.260. The summed E-state index contributed by atoms with van der Waals surface area (Å²) >= 11 is 0. The lowest BCUT2D eigenvalue weighted by Crippen LogP contribution is -2.00. The SMILES string of the molecule is CC(C)c1ccc2ccc3c(-c4cccc(-c5nc(-c6ccccc6)nc(-c6ccccc6)n5)c4)cc(C(C)C)nc3c2n1.Cc1cc(-c2cccc(-c3nc(-c4ccccc4)nc(-c4ccccc4)n3)c2)c2ccc3ccc(C(C)C)nc3c2n1.Cc1ccc2ccc3c(-c4cccc(-c5nc(-c6ccccc6)nc(-c6ccccc6)n5)c4)cc(C(C)C)nc3c2n1. The van der Waals surface area contributed by atoms with Crippen LogP contribution in [0.5, 0.6) is 0 Å². The van der Waals surface area contributed by atoms with Crippen LogP contribution < -0.4 is 0 Å². The van der Waals surface area contributed by atoms with Gasteiger partial charge in [-0.2, -0.15) is 0 Å². The Morgan fingerprint density at radius 3 is 0.664 bits per heavy atom. The predicted molar refractivity (Wildman–Crippen MR) is 522 cm³/mol. The second-order valence-corrected chi connectivity index (χ2v) is 33.5. The Morgan fingerprint density at radius 1 is 0.156 bits per heavy atom. The molecule has 0 saturated heterocycles. The Labute approximate surface area is 744 Å². The number of rotatable bonds is 16. The molecular weight excluding hydrogens is 1570 g/mol. The number of hydrogen-bond acceptors (Lipinski definition) is 15. The molecule has 21 aromatic rings. The Balaban J connectivity index is 0.000000125. The van der Waals surface area contributed by atoms with Gasteiger partial charge >= 0.3 is 0 Å². The number of hydrogen-bond donors (Lipinski definition) is 0. The van der Waals surface area contributed by atoms with Gasteiger partial charge in [-0.05, 0) is 125 Å². The molecule has 9 aromatic heterocycles. The highest BCUT2D eigenvalue weighted by Crippen LogP contribution is 2.41. The summed E-state index contributed by atoms with van der Waals surface area (Å²) in [7, 11) is 0. The fraction of sp³-hybridized carbons (Fsp3) is 0.124. The molecule has 0 unspecified atom stereocenters. The van der Waals surface area contributed by atoms with Crippen molar-refractivity contribution in [2.75, 3.05) is 0 Å². The maximum atomic E-state index is 5.16. The average molecular weight is 1660 g/mol. The summed E-state index contributed by atoms with van der Waals surface area (Å²) in [4.78, 5) is 74.5. The van der Waals surface area contributed by atoms with E-state index in [-0.39, 0.29) is 11.8 Å². The molecule has 0 aliphatic rings. The topological polar surface area (TPSA) is 193 Å². The standard InChI is InChI=1S/C39H33N5.2C37H29N5/c1-24(2)33-21-19-26-18-20-31-32(23-34(25(3)4)41-36(31)35(26)40-33)29-16-11-17-30(22-29)39-43-37(27-12-7-5-8-13-27)42-38(44-39)28-14-9-6-10-15-28;1-23(2)32-20-18-25-17-19-30-31(21-24(3)38-34(30)33(25)39-32)28-15-10-16-29(22-28)37-41-35(26-11-6-4-7-12-26)40-36(42-37)27-13-8-5-9-14-27;1-23(2)32-22-31(30-20-19-25-18-17-24(3)38-33(25)34(30)39-32)28-15-10-16-29(21-28)37-41-35(26-11-6-4-7-12-26)40-36(42-37)27-13-8-5-9-14-27/h5-25H,1-4H3;2*4-23H,1-3H3. The first-order valence-electron chi connectivity index (χ1n) is 43.6. The van der Waals surface area contributed by atoms with E-state index in [0.717, 1.165) is 183 Å². The Bertz CT molecular complexity index is 7530. The van der Waals surface area contributed by atoms with Gasteiger partial charge in [0.05, 0.1) is 33.1 Å². The minimum atomic E-state index is 0.260. The number of fused-ring (bicyclic) bond motifs is 9. The highest BCUT2D eigenvalue weighted by molar-refractivity contribution is 6.11. The fourth-order valence-corrected chi connectivity index (χ4v) is 16.2. The summed E-state index contributed by atoms with van der Waals surface area (Å²) in [6.45, 7) is 21.5. The van der Waals surface area contributed by atoms with E-state index in [2.05, 4.69) is 213 Å². The Morgan fingerprint density at radius 2 is 0.375 bits per heavy atom. The van der Waals surface area contributed by atoms with E-state index in [1.54, 1.807) is 0 Å². The second-order valence-electron chi connectivity index (χ2n) is 33.5. The zero-order valence-electron chi connectivity index (χ0n) is 72.9. The van der Waals surface area contributed by atoms with Crippen LogP contribution in [0, 0.1) is 13.8 Å². The Kier molecular flexibility index (Phi) is 22.8. The summed E-state index contributed by atoms with van der Waals surface area (Å²) in [6.07, 6.45) is 0. The zero-order chi connectivity index (χ0) is 87.5. The summed E-state index contributed by atoms with van der Waals surface area (Å²) in [6, 6.07) is 118. The molecule has 0 bridgehead atoms. The van der Waals surface area contributed by atoms with Crippen molar-refractivity contribution >= 4 is 65.4 Å². The normalized spacial score (nSPS) is 11.5. The molecule has 0 radical (unpaired) electrons. The molecule has 12 aromatic carbocycles. The maximum absolute atomic E-state index is 5.16. The van der Waals surface area contributed by atoms with E-state index in [1.165, 1.54) is 0 Å². The van der Waals surface area contributed by atoms with Gasteiger partial charge in [-0.25, -0.2) is 44.9 Å². The monoisotopic (exact) mass is 1660 g/mol. The molecule has 618 valence electrons. The van der Waals surface area contributed by atoms with Crippen molar-refractivity contribution in [1.29, 1.82) is 0 Å². The highest BCUT2D eigenvalue weighted by atomic mass is 15.1. The van der Waals surface area contributed by atoms with E-state index in [4.69, 9.17) is 74.8 Å². The molecule has 128 heavy (non-hydrogen) atoms. The fourth-order valence-electron chi connectivity index (χ4n) is 16.2. The number of aromatic nitrogens is 15. The van der Waals surface area contributed by atoms with E-state index in [9.17, 15) is 0 Å². The molecular formula is C113H91N15. The van der Waals surface area contributed by atoms with E-state index >= 15 is 0 Å². The third-order valence-electron chi connectivity index (χ3n) is 23.0. The molecule has 0 saturated carbocycles. The number of pyridine rings is 6. The molecule has 0 atom stereocenters. The number of benzene rings is 12. The quantitative estimate of drug-likeness (QED) is 0.0829. The van der Waals surface area contributed by atoms with Gasteiger partial charge in [-0.3, -0.25) is 29.9 Å². The molecule has 0 N–H and O–H groups in total. The smallest absolute Gasteiger partial charge is 0.164 e. The summed E-state index contributed by atoms with van der Waals surface area (Å²) in [5.41, 5.74) is 26.8. The largest absolute Gasteiger partial charge is 0.251 e. The van der Waals surface area contributed by atoms with Gasteiger partial charge in [-0.1, -0.05) is 347 Å². The van der Waals surface area contributed by atoms with Crippen LogP contribution in [-0.2, 0) is 0 Å². The van der Waals surface area contributed by atoms with Crippen molar-refractivity contribution in [3.05, 3.63) is 380 Å². The molecule has 0 fully saturated rings. The lowest BCUT2D eigenvalue weighted by molar-refractivity contribution is 0.826. The maximum Gasteiger partial charge on any atom is 0.164 e. The third kappa shape index (κ3) is 17.2. The molecule has 0 aliphatic heterocycles. The Hall–Kier alpha value is -15.9.